The van der Waals surface area contributed by atoms with E-state index < -0.39 is 0 Å². The summed E-state index contributed by atoms with van der Waals surface area (Å²) in [5.41, 5.74) is 2.77. The van der Waals surface area contributed by atoms with E-state index in [1.54, 1.807) is 6.92 Å². The largest absolute Gasteiger partial charge is 0.382 e. The lowest BCUT2D eigenvalue weighted by atomic mass is 9.80. The van der Waals surface area contributed by atoms with E-state index in [0.29, 0.717) is 12.0 Å². The molecule has 120 valence electrons. The Morgan fingerprint density at radius 1 is 1.05 bits per heavy atom. The number of carbonyl (C=O) groups excluding carboxylic acids is 1. The van der Waals surface area contributed by atoms with E-state index in [4.69, 9.17) is 0 Å². The zero-order chi connectivity index (χ0) is 15.4. The van der Waals surface area contributed by atoms with E-state index in [0.717, 1.165) is 12.5 Å². The summed E-state index contributed by atoms with van der Waals surface area (Å²) in [5, 5.41) is 6.63. The highest BCUT2D eigenvalue weighted by Gasteiger charge is 2.22. The number of anilines is 1. The van der Waals surface area contributed by atoms with Gasteiger partial charge < -0.3 is 10.6 Å². The van der Waals surface area contributed by atoms with Gasteiger partial charge in [-0.15, -0.1) is 0 Å². The van der Waals surface area contributed by atoms with E-state index in [-0.39, 0.29) is 5.91 Å². The van der Waals surface area contributed by atoms with Gasteiger partial charge in [0, 0.05) is 25.2 Å². The second-order valence-electron chi connectivity index (χ2n) is 7.05. The van der Waals surface area contributed by atoms with Crippen LogP contribution >= 0.6 is 0 Å². The predicted molar refractivity (Wildman–Crippen MR) is 91.1 cm³/mol. The van der Waals surface area contributed by atoms with Crippen molar-refractivity contribution in [1.82, 2.24) is 5.32 Å². The molecule has 1 amide bonds. The summed E-state index contributed by atoms with van der Waals surface area (Å²) in [4.78, 5) is 11.0. The molecular weight excluding hydrogens is 272 g/mol. The summed E-state index contributed by atoms with van der Waals surface area (Å²) in [7, 11) is 0. The highest BCUT2D eigenvalue weighted by Crippen LogP contribution is 2.36. The molecule has 0 saturated heterocycles. The van der Waals surface area contributed by atoms with Crippen molar-refractivity contribution < 1.29 is 4.79 Å². The van der Waals surface area contributed by atoms with Gasteiger partial charge in [-0.05, 0) is 68.1 Å². The van der Waals surface area contributed by atoms with Gasteiger partial charge in [-0.1, -0.05) is 18.6 Å². The normalized spacial score (nSPS) is 25.3. The van der Waals surface area contributed by atoms with E-state index in [2.05, 4.69) is 34.9 Å². The fourth-order valence-corrected chi connectivity index (χ4v) is 3.63. The van der Waals surface area contributed by atoms with Crippen LogP contribution in [0.1, 0.15) is 63.4 Å². The van der Waals surface area contributed by atoms with Crippen LogP contribution < -0.4 is 10.6 Å². The average molecular weight is 300 g/mol. The van der Waals surface area contributed by atoms with Crippen molar-refractivity contribution in [3.05, 3.63) is 29.8 Å². The zero-order valence-electron chi connectivity index (χ0n) is 13.6. The molecule has 0 aromatic heterocycles. The highest BCUT2D eigenvalue weighted by atomic mass is 16.1. The van der Waals surface area contributed by atoms with Crippen molar-refractivity contribution in [1.29, 1.82) is 0 Å². The zero-order valence-corrected chi connectivity index (χ0v) is 13.6. The summed E-state index contributed by atoms with van der Waals surface area (Å²) < 4.78 is 0. The number of rotatable bonds is 5. The molecule has 0 unspecified atom stereocenters. The maximum atomic E-state index is 11.0. The van der Waals surface area contributed by atoms with Gasteiger partial charge in [-0.25, -0.2) is 0 Å². The maximum Gasteiger partial charge on any atom is 0.216 e. The number of amides is 1. The summed E-state index contributed by atoms with van der Waals surface area (Å²) in [5.74, 6) is 1.56. The minimum Gasteiger partial charge on any atom is -0.382 e. The number of nitrogens with one attached hydrogen (secondary N) is 2. The first-order valence-corrected chi connectivity index (χ1v) is 8.81. The molecule has 3 nitrogen and oxygen atoms in total. The fourth-order valence-electron chi connectivity index (χ4n) is 3.63. The molecule has 0 radical (unpaired) electrons. The Labute approximate surface area is 133 Å². The molecule has 22 heavy (non-hydrogen) atoms. The number of hydrogen-bond donors (Lipinski definition) is 2. The van der Waals surface area contributed by atoms with Gasteiger partial charge in [0.05, 0.1) is 0 Å². The van der Waals surface area contributed by atoms with Crippen molar-refractivity contribution in [2.75, 3.05) is 11.9 Å². The van der Waals surface area contributed by atoms with E-state index >= 15 is 0 Å². The number of benzene rings is 1. The molecule has 2 fully saturated rings. The Morgan fingerprint density at radius 2 is 1.73 bits per heavy atom. The molecule has 0 atom stereocenters. The van der Waals surface area contributed by atoms with Crippen LogP contribution in [-0.4, -0.2) is 18.5 Å². The van der Waals surface area contributed by atoms with Crippen LogP contribution in [0.2, 0.25) is 0 Å². The summed E-state index contributed by atoms with van der Waals surface area (Å²) in [6, 6.07) is 9.68. The minimum absolute atomic E-state index is 0.0896. The molecule has 3 rings (SSSR count). The maximum absolute atomic E-state index is 11.0. The molecule has 0 aliphatic heterocycles. The van der Waals surface area contributed by atoms with Gasteiger partial charge in [0.25, 0.3) is 0 Å². The third-order valence-corrected chi connectivity index (χ3v) is 5.34. The summed E-state index contributed by atoms with van der Waals surface area (Å²) >= 11 is 0. The Bertz CT molecular complexity index is 485. The lowest BCUT2D eigenvalue weighted by molar-refractivity contribution is -0.119. The Hall–Kier alpha value is -1.51. The molecular formula is C19H28N2O. The SMILES string of the molecule is CC(=O)NCC1CCC(Nc2ccc(C3CCC3)cc2)CC1. The van der Waals surface area contributed by atoms with Gasteiger partial charge in [-0.3, -0.25) is 4.79 Å². The van der Waals surface area contributed by atoms with Crippen molar-refractivity contribution in [2.45, 2.75) is 63.8 Å². The molecule has 1 aromatic carbocycles. The van der Waals surface area contributed by atoms with Crippen LogP contribution in [-0.2, 0) is 4.79 Å². The molecule has 2 aliphatic rings. The molecule has 2 N–H and O–H groups in total. The standard InChI is InChI=1S/C19H28N2O/c1-14(22)20-13-15-5-9-18(10-6-15)21-19-11-7-17(8-12-19)16-3-2-4-16/h7-8,11-12,15-16,18,21H,2-6,9-10,13H2,1H3,(H,20,22). The van der Waals surface area contributed by atoms with Crippen molar-refractivity contribution >= 4 is 11.6 Å². The Kier molecular flexibility index (Phi) is 5.01. The van der Waals surface area contributed by atoms with Crippen LogP contribution in [0, 0.1) is 5.92 Å². The molecule has 2 saturated carbocycles. The summed E-state index contributed by atoms with van der Waals surface area (Å²) in [6.07, 6.45) is 8.95. The quantitative estimate of drug-likeness (QED) is 0.861. The molecule has 2 aliphatic carbocycles. The fraction of sp³-hybridized carbons (Fsp3) is 0.632. The van der Waals surface area contributed by atoms with E-state index in [9.17, 15) is 4.79 Å². The third kappa shape index (κ3) is 4.02. The van der Waals surface area contributed by atoms with Crippen LogP contribution in [0.3, 0.4) is 0 Å². The highest BCUT2D eigenvalue weighted by molar-refractivity contribution is 5.72. The van der Waals surface area contributed by atoms with Crippen molar-refractivity contribution in [2.24, 2.45) is 5.92 Å². The first-order valence-electron chi connectivity index (χ1n) is 8.81. The second kappa shape index (κ2) is 7.17. The Balaban J connectivity index is 1.43. The molecule has 0 bridgehead atoms. The van der Waals surface area contributed by atoms with E-state index in [1.165, 1.54) is 56.2 Å². The van der Waals surface area contributed by atoms with Gasteiger partial charge in [0.1, 0.15) is 0 Å². The first-order chi connectivity index (χ1) is 10.7. The molecule has 3 heteroatoms. The van der Waals surface area contributed by atoms with Crippen molar-refractivity contribution in [3.63, 3.8) is 0 Å². The Morgan fingerprint density at radius 3 is 2.27 bits per heavy atom. The van der Waals surface area contributed by atoms with Crippen LogP contribution in [0.25, 0.3) is 0 Å². The van der Waals surface area contributed by atoms with Crippen LogP contribution in [0.4, 0.5) is 5.69 Å². The van der Waals surface area contributed by atoms with Crippen molar-refractivity contribution in [3.8, 4) is 0 Å². The molecule has 0 spiro atoms. The van der Waals surface area contributed by atoms with Gasteiger partial charge in [-0.2, -0.15) is 0 Å². The van der Waals surface area contributed by atoms with Gasteiger partial charge >= 0.3 is 0 Å². The third-order valence-electron chi connectivity index (χ3n) is 5.34. The molecule has 1 aromatic rings. The average Bonchev–Trinajstić information content (AvgIpc) is 2.47. The monoisotopic (exact) mass is 300 g/mol. The molecule has 0 heterocycles. The summed E-state index contributed by atoms with van der Waals surface area (Å²) in [6.45, 7) is 2.44. The lowest BCUT2D eigenvalue weighted by Crippen LogP contribution is -2.32. The number of hydrogen-bond acceptors (Lipinski definition) is 2. The van der Waals surface area contributed by atoms with Crippen LogP contribution in [0.15, 0.2) is 24.3 Å². The topological polar surface area (TPSA) is 41.1 Å². The van der Waals surface area contributed by atoms with Crippen LogP contribution in [0.5, 0.6) is 0 Å². The van der Waals surface area contributed by atoms with E-state index in [1.807, 2.05) is 0 Å². The predicted octanol–water partition coefficient (Wildman–Crippen LogP) is 4.06. The second-order valence-corrected chi connectivity index (χ2v) is 7.05. The number of carbonyl (C=O) groups is 1. The smallest absolute Gasteiger partial charge is 0.216 e. The first kappa shape index (κ1) is 15.4. The minimum atomic E-state index is 0.0896. The van der Waals surface area contributed by atoms with Gasteiger partial charge in [0.2, 0.25) is 5.91 Å². The van der Waals surface area contributed by atoms with Gasteiger partial charge in [0.15, 0.2) is 0 Å². The lowest BCUT2D eigenvalue weighted by Gasteiger charge is -2.30.